The van der Waals surface area contributed by atoms with Gasteiger partial charge in [0.2, 0.25) is 0 Å². The number of aliphatic hydroxyl groups is 1. The first kappa shape index (κ1) is 11.9. The number of nitrogens with zero attached hydrogens (tertiary/aromatic N) is 2. The van der Waals surface area contributed by atoms with Crippen LogP contribution in [0.3, 0.4) is 0 Å². The largest absolute Gasteiger partial charge is 0.395 e. The first-order valence-corrected chi connectivity index (χ1v) is 5.11. The average Bonchev–Trinajstić information content (AvgIpc) is 2.18. The van der Waals surface area contributed by atoms with Gasteiger partial charge in [-0.3, -0.25) is 9.88 Å². The Balaban J connectivity index is 2.60. The molecule has 1 aromatic rings. The highest BCUT2D eigenvalue weighted by Gasteiger charge is 2.03. The number of rotatable bonds is 6. The Hall–Kier alpha value is -1.19. The van der Waals surface area contributed by atoms with E-state index in [0.29, 0.717) is 6.54 Å². The van der Waals surface area contributed by atoms with Crippen molar-refractivity contribution in [1.29, 1.82) is 0 Å². The molecular formula is C12H18N2O. The first-order valence-electron chi connectivity index (χ1n) is 5.11. The molecule has 0 atom stereocenters. The van der Waals surface area contributed by atoms with Crippen LogP contribution in [-0.2, 0) is 6.54 Å². The van der Waals surface area contributed by atoms with Gasteiger partial charge in [-0.15, -0.1) is 6.58 Å². The predicted molar refractivity (Wildman–Crippen MR) is 61.5 cm³/mol. The maximum atomic E-state index is 8.90. The number of aliphatic hydroxyl groups excluding tert-OH is 1. The van der Waals surface area contributed by atoms with E-state index in [1.165, 1.54) is 5.56 Å². The van der Waals surface area contributed by atoms with Crippen LogP contribution in [0.2, 0.25) is 0 Å². The molecular weight excluding hydrogens is 188 g/mol. The molecule has 1 aromatic heterocycles. The summed E-state index contributed by atoms with van der Waals surface area (Å²) in [5.74, 6) is 0. The van der Waals surface area contributed by atoms with E-state index in [1.807, 2.05) is 25.4 Å². The SMILES string of the molecule is C=CCN(CCO)Cc1cncc(C)c1. The van der Waals surface area contributed by atoms with Gasteiger partial charge in [-0.25, -0.2) is 0 Å². The van der Waals surface area contributed by atoms with Crippen molar-refractivity contribution in [2.45, 2.75) is 13.5 Å². The molecule has 0 bridgehead atoms. The van der Waals surface area contributed by atoms with E-state index in [2.05, 4.69) is 22.5 Å². The van der Waals surface area contributed by atoms with E-state index < -0.39 is 0 Å². The van der Waals surface area contributed by atoms with Crippen molar-refractivity contribution in [2.75, 3.05) is 19.7 Å². The zero-order valence-electron chi connectivity index (χ0n) is 9.19. The molecule has 3 nitrogen and oxygen atoms in total. The highest BCUT2D eigenvalue weighted by atomic mass is 16.3. The van der Waals surface area contributed by atoms with Crippen molar-refractivity contribution in [3.05, 3.63) is 42.2 Å². The lowest BCUT2D eigenvalue weighted by Gasteiger charge is -2.19. The predicted octanol–water partition coefficient (Wildman–Crippen LogP) is 1.37. The lowest BCUT2D eigenvalue weighted by Crippen LogP contribution is -2.26. The van der Waals surface area contributed by atoms with E-state index in [4.69, 9.17) is 5.11 Å². The van der Waals surface area contributed by atoms with Crippen LogP contribution in [0.25, 0.3) is 0 Å². The van der Waals surface area contributed by atoms with Crippen LogP contribution < -0.4 is 0 Å². The topological polar surface area (TPSA) is 36.4 Å². The molecule has 1 N–H and O–H groups in total. The van der Waals surface area contributed by atoms with Crippen LogP contribution in [0, 0.1) is 6.92 Å². The van der Waals surface area contributed by atoms with Gasteiger partial charge in [-0.2, -0.15) is 0 Å². The molecule has 0 aliphatic rings. The molecule has 0 radical (unpaired) electrons. The molecule has 0 aliphatic carbocycles. The van der Waals surface area contributed by atoms with E-state index in [9.17, 15) is 0 Å². The number of pyridine rings is 1. The third kappa shape index (κ3) is 4.23. The standard InChI is InChI=1S/C12H18N2O/c1-3-4-14(5-6-15)10-12-7-11(2)8-13-9-12/h3,7-9,15H,1,4-6,10H2,2H3. The van der Waals surface area contributed by atoms with Crippen LogP contribution in [0.15, 0.2) is 31.1 Å². The van der Waals surface area contributed by atoms with Crippen LogP contribution in [0.5, 0.6) is 0 Å². The second kappa shape index (κ2) is 6.32. The number of hydrogen-bond acceptors (Lipinski definition) is 3. The molecule has 0 unspecified atom stereocenters. The molecule has 0 amide bonds. The highest BCUT2D eigenvalue weighted by Crippen LogP contribution is 2.05. The fraction of sp³-hybridized carbons (Fsp3) is 0.417. The summed E-state index contributed by atoms with van der Waals surface area (Å²) < 4.78 is 0. The second-order valence-corrected chi connectivity index (χ2v) is 3.62. The zero-order chi connectivity index (χ0) is 11.1. The van der Waals surface area contributed by atoms with Crippen molar-refractivity contribution < 1.29 is 5.11 Å². The normalized spacial score (nSPS) is 10.6. The van der Waals surface area contributed by atoms with E-state index >= 15 is 0 Å². The average molecular weight is 206 g/mol. The Morgan fingerprint density at radius 1 is 1.53 bits per heavy atom. The minimum Gasteiger partial charge on any atom is -0.395 e. The summed E-state index contributed by atoms with van der Waals surface area (Å²) in [6.45, 7) is 8.16. The van der Waals surface area contributed by atoms with Gasteiger partial charge in [0.25, 0.3) is 0 Å². The van der Waals surface area contributed by atoms with Crippen LogP contribution in [0.1, 0.15) is 11.1 Å². The van der Waals surface area contributed by atoms with Crippen LogP contribution in [0.4, 0.5) is 0 Å². The monoisotopic (exact) mass is 206 g/mol. The lowest BCUT2D eigenvalue weighted by atomic mass is 10.2. The summed E-state index contributed by atoms with van der Waals surface area (Å²) >= 11 is 0. The molecule has 0 saturated heterocycles. The van der Waals surface area contributed by atoms with Crippen molar-refractivity contribution in [3.63, 3.8) is 0 Å². The second-order valence-electron chi connectivity index (χ2n) is 3.62. The molecule has 1 rings (SSSR count). The fourth-order valence-electron chi connectivity index (χ4n) is 1.52. The van der Waals surface area contributed by atoms with Crippen LogP contribution >= 0.6 is 0 Å². The molecule has 0 spiro atoms. The Bertz CT molecular complexity index is 312. The molecule has 0 aromatic carbocycles. The molecule has 0 fully saturated rings. The third-order valence-electron chi connectivity index (χ3n) is 2.14. The van der Waals surface area contributed by atoms with Gasteiger partial charge >= 0.3 is 0 Å². The van der Waals surface area contributed by atoms with Crippen molar-refractivity contribution in [3.8, 4) is 0 Å². The lowest BCUT2D eigenvalue weighted by molar-refractivity contribution is 0.203. The van der Waals surface area contributed by atoms with Gasteiger partial charge in [0.1, 0.15) is 0 Å². The van der Waals surface area contributed by atoms with Crippen molar-refractivity contribution >= 4 is 0 Å². The van der Waals surface area contributed by atoms with Gasteiger partial charge in [0.05, 0.1) is 6.61 Å². The van der Waals surface area contributed by atoms with Crippen LogP contribution in [-0.4, -0.2) is 34.7 Å². The van der Waals surface area contributed by atoms with Gasteiger partial charge in [-0.05, 0) is 18.1 Å². The van der Waals surface area contributed by atoms with Crippen molar-refractivity contribution in [2.24, 2.45) is 0 Å². The molecule has 0 aliphatic heterocycles. The maximum Gasteiger partial charge on any atom is 0.0558 e. The Morgan fingerprint density at radius 2 is 2.33 bits per heavy atom. The molecule has 82 valence electrons. The van der Waals surface area contributed by atoms with Gasteiger partial charge < -0.3 is 5.11 Å². The van der Waals surface area contributed by atoms with E-state index in [1.54, 1.807) is 0 Å². The summed E-state index contributed by atoms with van der Waals surface area (Å²) in [7, 11) is 0. The third-order valence-corrected chi connectivity index (χ3v) is 2.14. The van der Waals surface area contributed by atoms with Gasteiger partial charge in [-0.1, -0.05) is 12.1 Å². The summed E-state index contributed by atoms with van der Waals surface area (Å²) in [4.78, 5) is 6.27. The smallest absolute Gasteiger partial charge is 0.0558 e. The fourth-order valence-corrected chi connectivity index (χ4v) is 1.52. The van der Waals surface area contributed by atoms with Crippen molar-refractivity contribution in [1.82, 2.24) is 9.88 Å². The van der Waals surface area contributed by atoms with E-state index in [-0.39, 0.29) is 6.61 Å². The Labute approximate surface area is 91.1 Å². The Morgan fingerprint density at radius 3 is 2.93 bits per heavy atom. The number of aromatic nitrogens is 1. The maximum absolute atomic E-state index is 8.90. The Kier molecular flexibility index (Phi) is 5.01. The zero-order valence-corrected chi connectivity index (χ0v) is 9.19. The molecule has 0 saturated carbocycles. The summed E-state index contributed by atoms with van der Waals surface area (Å²) in [6.07, 6.45) is 5.55. The highest BCUT2D eigenvalue weighted by molar-refractivity contribution is 5.16. The minimum absolute atomic E-state index is 0.174. The summed E-state index contributed by atoms with van der Waals surface area (Å²) in [5, 5.41) is 8.90. The minimum atomic E-state index is 0.174. The summed E-state index contributed by atoms with van der Waals surface area (Å²) in [5.41, 5.74) is 2.33. The summed E-state index contributed by atoms with van der Waals surface area (Å²) in [6, 6.07) is 2.11. The van der Waals surface area contributed by atoms with Gasteiger partial charge in [0.15, 0.2) is 0 Å². The molecule has 1 heterocycles. The van der Waals surface area contributed by atoms with E-state index in [0.717, 1.165) is 18.7 Å². The first-order chi connectivity index (χ1) is 7.26. The number of hydrogen-bond donors (Lipinski definition) is 1. The molecule has 15 heavy (non-hydrogen) atoms. The number of aryl methyl sites for hydroxylation is 1. The molecule has 3 heteroatoms. The van der Waals surface area contributed by atoms with Gasteiger partial charge in [0, 0.05) is 32.0 Å². The quantitative estimate of drug-likeness (QED) is 0.714.